The maximum absolute atomic E-state index is 10.9. The fourth-order valence-electron chi connectivity index (χ4n) is 4.70. The van der Waals surface area contributed by atoms with Crippen LogP contribution in [0.2, 0.25) is 0 Å². The second-order valence-electron chi connectivity index (χ2n) is 7.70. The average molecular weight is 323 g/mol. The number of fused-ring (bicyclic) bond motifs is 3. The molecule has 4 heteroatoms. The van der Waals surface area contributed by atoms with E-state index in [0.717, 1.165) is 25.3 Å². The van der Waals surface area contributed by atoms with Crippen molar-refractivity contribution in [3.05, 3.63) is 42.4 Å². The number of aliphatic hydroxyl groups is 1. The number of benzene rings is 1. The van der Waals surface area contributed by atoms with Crippen molar-refractivity contribution < 1.29 is 5.11 Å². The van der Waals surface area contributed by atoms with Gasteiger partial charge in [-0.05, 0) is 56.7 Å². The maximum Gasteiger partial charge on any atom is 0.0956 e. The average Bonchev–Trinajstić information content (AvgIpc) is 3.29. The SMILES string of the molecule is OC(CC1c2ccccc2-c2cncn21)C1CCN(C2CC2)CC1. The van der Waals surface area contributed by atoms with Crippen LogP contribution in [0.5, 0.6) is 0 Å². The number of aliphatic hydroxyl groups excluding tert-OH is 1. The van der Waals surface area contributed by atoms with Crippen LogP contribution in [-0.2, 0) is 0 Å². The van der Waals surface area contributed by atoms with Crippen molar-refractivity contribution in [2.24, 2.45) is 5.92 Å². The van der Waals surface area contributed by atoms with Crippen LogP contribution >= 0.6 is 0 Å². The summed E-state index contributed by atoms with van der Waals surface area (Å²) in [5, 5.41) is 10.9. The second kappa shape index (κ2) is 5.71. The van der Waals surface area contributed by atoms with E-state index in [1.807, 2.05) is 12.5 Å². The Hall–Kier alpha value is -1.65. The fourth-order valence-corrected chi connectivity index (χ4v) is 4.70. The summed E-state index contributed by atoms with van der Waals surface area (Å²) < 4.78 is 2.24. The largest absolute Gasteiger partial charge is 0.393 e. The predicted octanol–water partition coefficient (Wildman–Crippen LogP) is 3.08. The van der Waals surface area contributed by atoms with Crippen LogP contribution in [0.4, 0.5) is 0 Å². The summed E-state index contributed by atoms with van der Waals surface area (Å²) >= 11 is 0. The molecular weight excluding hydrogens is 298 g/mol. The van der Waals surface area contributed by atoms with Gasteiger partial charge in [-0.25, -0.2) is 4.98 Å². The van der Waals surface area contributed by atoms with Crippen LogP contribution in [0, 0.1) is 5.92 Å². The van der Waals surface area contributed by atoms with Gasteiger partial charge in [0.25, 0.3) is 0 Å². The van der Waals surface area contributed by atoms with E-state index in [4.69, 9.17) is 0 Å². The van der Waals surface area contributed by atoms with Gasteiger partial charge in [-0.2, -0.15) is 0 Å². The Labute approximate surface area is 143 Å². The summed E-state index contributed by atoms with van der Waals surface area (Å²) in [5.74, 6) is 0.444. The van der Waals surface area contributed by atoms with E-state index in [9.17, 15) is 5.11 Å². The zero-order valence-electron chi connectivity index (χ0n) is 14.0. The first-order valence-corrected chi connectivity index (χ1v) is 9.34. The van der Waals surface area contributed by atoms with E-state index in [1.165, 1.54) is 42.8 Å². The molecule has 1 aliphatic carbocycles. The molecule has 1 saturated carbocycles. The van der Waals surface area contributed by atoms with Gasteiger partial charge in [0.15, 0.2) is 0 Å². The molecular formula is C20H25N3O. The van der Waals surface area contributed by atoms with E-state index < -0.39 is 0 Å². The van der Waals surface area contributed by atoms with Crippen molar-refractivity contribution in [3.8, 4) is 11.3 Å². The molecule has 0 radical (unpaired) electrons. The van der Waals surface area contributed by atoms with Crippen molar-refractivity contribution >= 4 is 0 Å². The van der Waals surface area contributed by atoms with E-state index in [-0.39, 0.29) is 12.1 Å². The summed E-state index contributed by atoms with van der Waals surface area (Å²) in [4.78, 5) is 6.95. The van der Waals surface area contributed by atoms with E-state index >= 15 is 0 Å². The van der Waals surface area contributed by atoms with Gasteiger partial charge in [0.1, 0.15) is 0 Å². The molecule has 2 unspecified atom stereocenters. The van der Waals surface area contributed by atoms with Gasteiger partial charge in [-0.1, -0.05) is 24.3 Å². The standard InChI is InChI=1S/C20H25N3O/c24-20(14-7-9-22(10-8-14)15-5-6-15)11-18-16-3-1-2-4-17(16)19-12-21-13-23(18)19/h1-4,12-15,18,20,24H,5-11H2. The third-order valence-corrected chi connectivity index (χ3v) is 6.24. The zero-order valence-corrected chi connectivity index (χ0v) is 14.0. The number of imidazole rings is 1. The zero-order chi connectivity index (χ0) is 16.1. The van der Waals surface area contributed by atoms with Gasteiger partial charge in [0, 0.05) is 11.6 Å². The molecule has 126 valence electrons. The van der Waals surface area contributed by atoms with Crippen LogP contribution < -0.4 is 0 Å². The Morgan fingerprint density at radius 3 is 2.71 bits per heavy atom. The van der Waals surface area contributed by atoms with Crippen molar-refractivity contribution in [3.63, 3.8) is 0 Å². The monoisotopic (exact) mass is 323 g/mol. The Balaban J connectivity index is 1.31. The third kappa shape index (κ3) is 2.40. The van der Waals surface area contributed by atoms with Crippen molar-refractivity contribution in [2.75, 3.05) is 13.1 Å². The van der Waals surface area contributed by atoms with Crippen molar-refractivity contribution in [2.45, 2.75) is 50.3 Å². The predicted molar refractivity (Wildman–Crippen MR) is 93.7 cm³/mol. The summed E-state index contributed by atoms with van der Waals surface area (Å²) in [6, 6.07) is 9.65. The minimum atomic E-state index is -0.224. The molecule has 4 nitrogen and oxygen atoms in total. The van der Waals surface area contributed by atoms with Crippen LogP contribution in [0.3, 0.4) is 0 Å². The molecule has 2 aliphatic heterocycles. The Kier molecular flexibility index (Phi) is 3.49. The highest BCUT2D eigenvalue weighted by molar-refractivity contribution is 5.68. The Morgan fingerprint density at radius 2 is 1.92 bits per heavy atom. The molecule has 2 aromatic rings. The topological polar surface area (TPSA) is 41.3 Å². The van der Waals surface area contributed by atoms with Crippen LogP contribution in [-0.4, -0.2) is 44.8 Å². The molecule has 5 rings (SSSR count). The van der Waals surface area contributed by atoms with Gasteiger partial charge in [-0.15, -0.1) is 0 Å². The summed E-state index contributed by atoms with van der Waals surface area (Å²) in [6.45, 7) is 2.34. The first-order chi connectivity index (χ1) is 11.8. The fraction of sp³-hybridized carbons (Fsp3) is 0.550. The highest BCUT2D eigenvalue weighted by Crippen LogP contribution is 2.42. The summed E-state index contributed by atoms with van der Waals surface area (Å²) in [5.41, 5.74) is 3.80. The number of hydrogen-bond donors (Lipinski definition) is 1. The molecule has 3 heterocycles. The second-order valence-corrected chi connectivity index (χ2v) is 7.70. The smallest absolute Gasteiger partial charge is 0.0956 e. The van der Waals surface area contributed by atoms with Crippen LogP contribution in [0.1, 0.15) is 43.7 Å². The maximum atomic E-state index is 10.9. The van der Waals surface area contributed by atoms with E-state index in [2.05, 4.69) is 38.7 Å². The van der Waals surface area contributed by atoms with Gasteiger partial charge in [-0.3, -0.25) is 0 Å². The number of likely N-dealkylation sites (tertiary alicyclic amines) is 1. The molecule has 24 heavy (non-hydrogen) atoms. The van der Waals surface area contributed by atoms with Gasteiger partial charge in [0.2, 0.25) is 0 Å². The van der Waals surface area contributed by atoms with Crippen LogP contribution in [0.15, 0.2) is 36.8 Å². The lowest BCUT2D eigenvalue weighted by molar-refractivity contribution is 0.0452. The highest BCUT2D eigenvalue weighted by atomic mass is 16.3. The first kappa shape index (κ1) is 14.7. The number of nitrogens with zero attached hydrogens (tertiary/aromatic N) is 3. The van der Waals surface area contributed by atoms with Crippen LogP contribution in [0.25, 0.3) is 11.3 Å². The number of aromatic nitrogens is 2. The van der Waals surface area contributed by atoms with Crippen molar-refractivity contribution in [1.29, 1.82) is 0 Å². The molecule has 1 saturated heterocycles. The molecule has 1 N–H and O–H groups in total. The lowest BCUT2D eigenvalue weighted by Gasteiger charge is -2.35. The lowest BCUT2D eigenvalue weighted by Crippen LogP contribution is -2.39. The molecule has 0 bridgehead atoms. The molecule has 3 aliphatic rings. The normalized spacial score (nSPS) is 25.5. The summed E-state index contributed by atoms with van der Waals surface area (Å²) in [7, 11) is 0. The molecule has 0 amide bonds. The van der Waals surface area contributed by atoms with Crippen molar-refractivity contribution in [1.82, 2.24) is 14.5 Å². The minimum absolute atomic E-state index is 0.224. The van der Waals surface area contributed by atoms with Gasteiger partial charge < -0.3 is 14.6 Å². The number of piperidine rings is 1. The van der Waals surface area contributed by atoms with E-state index in [1.54, 1.807) is 0 Å². The Morgan fingerprint density at radius 1 is 1.12 bits per heavy atom. The molecule has 1 aromatic carbocycles. The molecule has 2 atom stereocenters. The molecule has 1 aromatic heterocycles. The van der Waals surface area contributed by atoms with Gasteiger partial charge in [0.05, 0.1) is 30.4 Å². The third-order valence-electron chi connectivity index (χ3n) is 6.24. The highest BCUT2D eigenvalue weighted by Gasteiger charge is 2.36. The minimum Gasteiger partial charge on any atom is -0.393 e. The molecule has 0 spiro atoms. The van der Waals surface area contributed by atoms with Gasteiger partial charge >= 0.3 is 0 Å². The van der Waals surface area contributed by atoms with E-state index in [0.29, 0.717) is 5.92 Å². The Bertz CT molecular complexity index is 728. The lowest BCUT2D eigenvalue weighted by atomic mass is 9.86. The number of rotatable bonds is 4. The molecule has 2 fully saturated rings. The first-order valence-electron chi connectivity index (χ1n) is 9.34. The summed E-state index contributed by atoms with van der Waals surface area (Å²) in [6.07, 6.45) is 9.49. The quantitative estimate of drug-likeness (QED) is 0.940. The number of hydrogen-bond acceptors (Lipinski definition) is 3.